The van der Waals surface area contributed by atoms with Gasteiger partial charge >= 0.3 is 0 Å². The fraction of sp³-hybridized carbons (Fsp3) is 0.450. The molecular formula is C20H24N6O2. The molecule has 1 fully saturated rings. The molecule has 0 N–H and O–H groups in total. The number of likely N-dealkylation sites (tertiary alicyclic amines) is 1. The van der Waals surface area contributed by atoms with E-state index in [2.05, 4.69) is 4.98 Å². The third-order valence-electron chi connectivity index (χ3n) is 5.36. The Bertz CT molecular complexity index is 914. The molecule has 0 bridgehead atoms. The Kier molecular flexibility index (Phi) is 4.70. The highest BCUT2D eigenvalue weighted by Gasteiger charge is 2.36. The summed E-state index contributed by atoms with van der Waals surface area (Å²) in [4.78, 5) is 44.0. The van der Waals surface area contributed by atoms with Gasteiger partial charge in [0.15, 0.2) is 5.82 Å². The number of fused-ring (bicyclic) bond motifs is 1. The molecule has 0 aromatic carbocycles. The van der Waals surface area contributed by atoms with E-state index in [-0.39, 0.29) is 17.7 Å². The van der Waals surface area contributed by atoms with Crippen LogP contribution in [-0.2, 0) is 22.6 Å². The summed E-state index contributed by atoms with van der Waals surface area (Å²) in [7, 11) is 5.67. The van der Waals surface area contributed by atoms with Crippen LogP contribution in [0.15, 0.2) is 24.4 Å². The zero-order valence-corrected chi connectivity index (χ0v) is 16.4. The van der Waals surface area contributed by atoms with Crippen LogP contribution in [0.3, 0.4) is 0 Å². The number of carbonyl (C=O) groups excluding carboxylic acids is 2. The number of carbonyl (C=O) groups is 2. The van der Waals surface area contributed by atoms with Gasteiger partial charge in [-0.25, -0.2) is 9.97 Å². The molecule has 0 aliphatic carbocycles. The third-order valence-corrected chi connectivity index (χ3v) is 5.36. The lowest BCUT2D eigenvalue weighted by Gasteiger charge is -2.32. The molecule has 0 radical (unpaired) electrons. The summed E-state index contributed by atoms with van der Waals surface area (Å²) in [6, 6.07) is 5.64. The highest BCUT2D eigenvalue weighted by Crippen LogP contribution is 2.29. The van der Waals surface area contributed by atoms with E-state index in [0.717, 1.165) is 17.1 Å². The van der Waals surface area contributed by atoms with Gasteiger partial charge in [0.05, 0.1) is 18.2 Å². The van der Waals surface area contributed by atoms with E-state index >= 15 is 0 Å². The van der Waals surface area contributed by atoms with Crippen LogP contribution in [-0.4, -0.2) is 70.8 Å². The van der Waals surface area contributed by atoms with Crippen LogP contribution in [0.1, 0.15) is 17.7 Å². The first-order chi connectivity index (χ1) is 13.4. The Hall–Kier alpha value is -3.03. The fourth-order valence-corrected chi connectivity index (χ4v) is 3.87. The van der Waals surface area contributed by atoms with E-state index in [1.807, 2.05) is 42.1 Å². The van der Waals surface area contributed by atoms with Gasteiger partial charge in [-0.05, 0) is 18.6 Å². The van der Waals surface area contributed by atoms with Crippen LogP contribution in [0.2, 0.25) is 0 Å². The van der Waals surface area contributed by atoms with Gasteiger partial charge in [-0.15, -0.1) is 0 Å². The number of rotatable bonds is 3. The summed E-state index contributed by atoms with van der Waals surface area (Å²) in [5.41, 5.74) is 2.64. The van der Waals surface area contributed by atoms with E-state index in [1.54, 1.807) is 18.1 Å². The predicted octanol–water partition coefficient (Wildman–Crippen LogP) is 0.968. The third kappa shape index (κ3) is 3.30. The fourth-order valence-electron chi connectivity index (χ4n) is 3.87. The lowest BCUT2D eigenvalue weighted by Crippen LogP contribution is -2.41. The van der Waals surface area contributed by atoms with Crippen molar-refractivity contribution in [3.05, 3.63) is 35.7 Å². The SMILES string of the molecule is CN1C[C@H](C(=O)N2CCc3c(nc(-c4ccccn4)nc3N(C)C)C2)CC1=O. The van der Waals surface area contributed by atoms with Crippen molar-refractivity contribution < 1.29 is 9.59 Å². The number of anilines is 1. The largest absolute Gasteiger partial charge is 0.362 e. The quantitative estimate of drug-likeness (QED) is 0.789. The monoisotopic (exact) mass is 380 g/mol. The van der Waals surface area contributed by atoms with Crippen LogP contribution in [0.25, 0.3) is 11.5 Å². The Labute approximate surface area is 164 Å². The van der Waals surface area contributed by atoms with Gasteiger partial charge in [-0.1, -0.05) is 6.07 Å². The molecule has 8 nitrogen and oxygen atoms in total. The van der Waals surface area contributed by atoms with Crippen molar-refractivity contribution in [1.82, 2.24) is 24.8 Å². The van der Waals surface area contributed by atoms with E-state index in [1.165, 1.54) is 0 Å². The minimum Gasteiger partial charge on any atom is -0.362 e. The van der Waals surface area contributed by atoms with E-state index < -0.39 is 0 Å². The zero-order chi connectivity index (χ0) is 19.8. The molecule has 2 amide bonds. The molecular weight excluding hydrogens is 356 g/mol. The molecule has 1 saturated heterocycles. The second-order valence-electron chi connectivity index (χ2n) is 7.59. The van der Waals surface area contributed by atoms with Gasteiger partial charge in [0.1, 0.15) is 11.5 Å². The van der Waals surface area contributed by atoms with Crippen molar-refractivity contribution in [3.63, 3.8) is 0 Å². The van der Waals surface area contributed by atoms with E-state index in [0.29, 0.717) is 44.0 Å². The normalized spacial score (nSPS) is 19.0. The second-order valence-corrected chi connectivity index (χ2v) is 7.59. The molecule has 4 heterocycles. The first kappa shape index (κ1) is 18.3. The van der Waals surface area contributed by atoms with Crippen molar-refractivity contribution in [2.45, 2.75) is 19.4 Å². The number of pyridine rings is 1. The predicted molar refractivity (Wildman–Crippen MR) is 104 cm³/mol. The van der Waals surface area contributed by atoms with Gasteiger partial charge in [0.2, 0.25) is 11.8 Å². The lowest BCUT2D eigenvalue weighted by atomic mass is 10.0. The van der Waals surface area contributed by atoms with Crippen LogP contribution < -0.4 is 4.90 Å². The molecule has 0 unspecified atom stereocenters. The molecule has 2 aliphatic heterocycles. The van der Waals surface area contributed by atoms with Crippen LogP contribution in [0.5, 0.6) is 0 Å². The molecule has 146 valence electrons. The highest BCUT2D eigenvalue weighted by molar-refractivity contribution is 5.89. The molecule has 0 spiro atoms. The average Bonchev–Trinajstić information content (AvgIpc) is 3.05. The molecule has 2 aliphatic rings. The smallest absolute Gasteiger partial charge is 0.228 e. The summed E-state index contributed by atoms with van der Waals surface area (Å²) in [5.74, 6) is 1.24. The number of nitrogens with zero attached hydrogens (tertiary/aromatic N) is 6. The molecule has 28 heavy (non-hydrogen) atoms. The highest BCUT2D eigenvalue weighted by atomic mass is 16.2. The molecule has 4 rings (SSSR count). The maximum absolute atomic E-state index is 13.0. The number of amides is 2. The van der Waals surface area contributed by atoms with Crippen LogP contribution in [0.4, 0.5) is 5.82 Å². The molecule has 1 atom stereocenters. The molecule has 2 aromatic rings. The van der Waals surface area contributed by atoms with Crippen molar-refractivity contribution in [2.75, 3.05) is 39.1 Å². The number of hydrogen-bond acceptors (Lipinski definition) is 6. The second kappa shape index (κ2) is 7.18. The number of aromatic nitrogens is 3. The van der Waals surface area contributed by atoms with Crippen molar-refractivity contribution in [1.29, 1.82) is 0 Å². The number of hydrogen-bond donors (Lipinski definition) is 0. The van der Waals surface area contributed by atoms with Crippen molar-refractivity contribution >= 4 is 17.6 Å². The van der Waals surface area contributed by atoms with Gasteiger partial charge in [0.25, 0.3) is 0 Å². The summed E-state index contributed by atoms with van der Waals surface area (Å²) >= 11 is 0. The Morgan fingerprint density at radius 3 is 2.71 bits per heavy atom. The minimum atomic E-state index is -0.260. The maximum Gasteiger partial charge on any atom is 0.228 e. The molecule has 8 heteroatoms. The van der Waals surface area contributed by atoms with Gasteiger partial charge in [-0.3, -0.25) is 14.6 Å². The molecule has 0 saturated carbocycles. The Morgan fingerprint density at radius 1 is 1.25 bits per heavy atom. The lowest BCUT2D eigenvalue weighted by molar-refractivity contribution is -0.136. The van der Waals surface area contributed by atoms with Crippen LogP contribution >= 0.6 is 0 Å². The summed E-state index contributed by atoms with van der Waals surface area (Å²) in [6.07, 6.45) is 2.72. The first-order valence-corrected chi connectivity index (χ1v) is 9.45. The van der Waals surface area contributed by atoms with Gasteiger partial charge in [0, 0.05) is 52.4 Å². The summed E-state index contributed by atoms with van der Waals surface area (Å²) in [6.45, 7) is 1.55. The van der Waals surface area contributed by atoms with E-state index in [9.17, 15) is 9.59 Å². The van der Waals surface area contributed by atoms with Gasteiger partial charge < -0.3 is 14.7 Å². The zero-order valence-electron chi connectivity index (χ0n) is 16.4. The minimum absolute atomic E-state index is 0.0328. The van der Waals surface area contributed by atoms with Crippen molar-refractivity contribution in [3.8, 4) is 11.5 Å². The van der Waals surface area contributed by atoms with E-state index in [4.69, 9.17) is 9.97 Å². The van der Waals surface area contributed by atoms with Crippen LogP contribution in [0, 0.1) is 5.92 Å². The topological polar surface area (TPSA) is 82.5 Å². The first-order valence-electron chi connectivity index (χ1n) is 9.45. The molecule has 2 aromatic heterocycles. The Morgan fingerprint density at radius 2 is 2.07 bits per heavy atom. The van der Waals surface area contributed by atoms with Gasteiger partial charge in [-0.2, -0.15) is 0 Å². The standard InChI is InChI=1S/C20H24N6O2/c1-24(2)19-14-7-9-26(20(28)13-10-17(27)25(3)11-13)12-16(14)22-18(23-19)15-6-4-5-8-21-15/h4-6,8,13H,7,9-12H2,1-3H3/t13-/m1/s1. The van der Waals surface area contributed by atoms with Crippen molar-refractivity contribution in [2.24, 2.45) is 5.92 Å². The average molecular weight is 380 g/mol. The maximum atomic E-state index is 13.0. The summed E-state index contributed by atoms with van der Waals surface area (Å²) < 4.78 is 0. The Balaban J connectivity index is 1.64. The summed E-state index contributed by atoms with van der Waals surface area (Å²) in [5, 5.41) is 0.